The maximum absolute atomic E-state index is 12.7. The molecule has 1 amide bonds. The van der Waals surface area contributed by atoms with Crippen LogP contribution in [0.5, 0.6) is 0 Å². The van der Waals surface area contributed by atoms with E-state index in [1.54, 1.807) is 47.2 Å². The lowest BCUT2D eigenvalue weighted by atomic mass is 10.1. The van der Waals surface area contributed by atoms with Crippen LogP contribution < -0.4 is 10.7 Å². The van der Waals surface area contributed by atoms with Crippen molar-refractivity contribution < 1.29 is 4.79 Å². The normalized spacial score (nSPS) is 10.8. The molecule has 5 nitrogen and oxygen atoms in total. The average Bonchev–Trinajstić information content (AvgIpc) is 2.57. The molecule has 0 radical (unpaired) electrons. The smallest absolute Gasteiger partial charge is 0.261 e. The van der Waals surface area contributed by atoms with Crippen LogP contribution in [0.3, 0.4) is 0 Å². The molecule has 0 atom stereocenters. The van der Waals surface area contributed by atoms with Gasteiger partial charge in [-0.05, 0) is 38.1 Å². The van der Waals surface area contributed by atoms with Gasteiger partial charge in [0.05, 0.1) is 16.1 Å². The van der Waals surface area contributed by atoms with Crippen LogP contribution in [0, 0.1) is 6.92 Å². The van der Waals surface area contributed by atoms with Crippen LogP contribution in [0.25, 0.3) is 11.0 Å². The van der Waals surface area contributed by atoms with E-state index >= 15 is 0 Å². The summed E-state index contributed by atoms with van der Waals surface area (Å²) in [6, 6.07) is 10.4. The molecule has 122 valence electrons. The van der Waals surface area contributed by atoms with Gasteiger partial charge in [0.1, 0.15) is 11.2 Å². The molecule has 1 aromatic carbocycles. The predicted molar refractivity (Wildman–Crippen MR) is 95.8 cm³/mol. The molecular weight excluding hydrogens is 326 g/mol. The van der Waals surface area contributed by atoms with E-state index in [2.05, 4.69) is 10.3 Å². The van der Waals surface area contributed by atoms with Crippen molar-refractivity contribution in [2.75, 3.05) is 5.32 Å². The molecule has 0 saturated heterocycles. The van der Waals surface area contributed by atoms with Gasteiger partial charge in [0, 0.05) is 18.4 Å². The molecule has 0 saturated carbocycles. The third-order valence-corrected chi connectivity index (χ3v) is 4.10. The third-order valence-electron chi connectivity index (χ3n) is 3.77. The molecule has 2 aromatic heterocycles. The number of pyridine rings is 2. The Morgan fingerprint density at radius 1 is 1.25 bits per heavy atom. The highest BCUT2D eigenvalue weighted by atomic mass is 35.5. The summed E-state index contributed by atoms with van der Waals surface area (Å²) in [4.78, 5) is 29.7. The lowest BCUT2D eigenvalue weighted by molar-refractivity contribution is 0.102. The van der Waals surface area contributed by atoms with Crippen molar-refractivity contribution in [2.45, 2.75) is 20.4 Å². The number of nitrogens with zero attached hydrogens (tertiary/aromatic N) is 2. The van der Waals surface area contributed by atoms with Crippen molar-refractivity contribution in [3.05, 3.63) is 69.1 Å². The van der Waals surface area contributed by atoms with Crippen molar-refractivity contribution in [1.82, 2.24) is 9.55 Å². The van der Waals surface area contributed by atoms with Crippen LogP contribution in [0.4, 0.5) is 5.69 Å². The van der Waals surface area contributed by atoms with Crippen LogP contribution in [0.15, 0.2) is 47.4 Å². The van der Waals surface area contributed by atoms with Gasteiger partial charge in [0.2, 0.25) is 5.43 Å². The summed E-state index contributed by atoms with van der Waals surface area (Å²) in [5.74, 6) is -0.488. The van der Waals surface area contributed by atoms with Gasteiger partial charge < -0.3 is 9.88 Å². The van der Waals surface area contributed by atoms with Crippen LogP contribution in [-0.2, 0) is 6.54 Å². The molecule has 6 heteroatoms. The molecule has 0 unspecified atom stereocenters. The second-order valence-electron chi connectivity index (χ2n) is 5.42. The maximum Gasteiger partial charge on any atom is 0.261 e. The number of halogens is 1. The number of aryl methyl sites for hydroxylation is 2. The molecule has 0 aliphatic rings. The SMILES string of the molecule is CCn1cc(C(=O)Nc2ccccc2Cl)c(=O)c2ccc(C)nc21. The predicted octanol–water partition coefficient (Wildman–Crippen LogP) is 3.63. The number of aromatic nitrogens is 2. The molecule has 0 bridgehead atoms. The Bertz CT molecular complexity index is 995. The third kappa shape index (κ3) is 2.90. The van der Waals surface area contributed by atoms with E-state index < -0.39 is 5.91 Å². The topological polar surface area (TPSA) is 64.0 Å². The fourth-order valence-corrected chi connectivity index (χ4v) is 2.70. The average molecular weight is 342 g/mol. The fourth-order valence-electron chi connectivity index (χ4n) is 2.51. The van der Waals surface area contributed by atoms with E-state index in [-0.39, 0.29) is 11.0 Å². The lowest BCUT2D eigenvalue weighted by Crippen LogP contribution is -2.24. The Morgan fingerprint density at radius 2 is 2.00 bits per heavy atom. The molecule has 2 heterocycles. The van der Waals surface area contributed by atoms with Gasteiger partial charge in [-0.1, -0.05) is 23.7 Å². The van der Waals surface area contributed by atoms with Gasteiger partial charge in [-0.25, -0.2) is 4.98 Å². The highest BCUT2D eigenvalue weighted by molar-refractivity contribution is 6.33. The summed E-state index contributed by atoms with van der Waals surface area (Å²) in [6.45, 7) is 4.39. The Kier molecular flexibility index (Phi) is 4.36. The number of anilines is 1. The van der Waals surface area contributed by atoms with Crippen molar-refractivity contribution >= 4 is 34.2 Å². The minimum Gasteiger partial charge on any atom is -0.332 e. The van der Waals surface area contributed by atoms with E-state index in [4.69, 9.17) is 11.6 Å². The van der Waals surface area contributed by atoms with Crippen molar-refractivity contribution in [2.24, 2.45) is 0 Å². The summed E-state index contributed by atoms with van der Waals surface area (Å²) in [5, 5.41) is 3.53. The van der Waals surface area contributed by atoms with E-state index in [1.165, 1.54) is 0 Å². The number of amides is 1. The van der Waals surface area contributed by atoms with Crippen LogP contribution in [0.2, 0.25) is 5.02 Å². The van der Waals surface area contributed by atoms with Crippen LogP contribution in [-0.4, -0.2) is 15.5 Å². The standard InChI is InChI=1S/C18H16ClN3O2/c1-3-22-10-13(16(23)12-9-8-11(2)20-17(12)22)18(24)21-15-7-5-4-6-14(15)19/h4-10H,3H2,1-2H3,(H,21,24). The number of hydrogen-bond acceptors (Lipinski definition) is 3. The summed E-state index contributed by atoms with van der Waals surface area (Å²) in [5.41, 5.74) is 1.59. The first-order valence-corrected chi connectivity index (χ1v) is 7.95. The molecular formula is C18H16ClN3O2. The number of rotatable bonds is 3. The second-order valence-corrected chi connectivity index (χ2v) is 5.82. The Labute approximate surface area is 143 Å². The minimum absolute atomic E-state index is 0.0647. The summed E-state index contributed by atoms with van der Waals surface area (Å²) < 4.78 is 1.80. The van der Waals surface area contributed by atoms with Gasteiger partial charge in [-0.15, -0.1) is 0 Å². The van der Waals surface area contributed by atoms with E-state index in [1.807, 2.05) is 13.8 Å². The first-order chi connectivity index (χ1) is 11.5. The van der Waals surface area contributed by atoms with Gasteiger partial charge in [-0.2, -0.15) is 0 Å². The van der Waals surface area contributed by atoms with Gasteiger partial charge in [-0.3, -0.25) is 9.59 Å². The first-order valence-electron chi connectivity index (χ1n) is 7.58. The van der Waals surface area contributed by atoms with Gasteiger partial charge in [0.25, 0.3) is 5.91 Å². The Morgan fingerprint density at radius 3 is 2.71 bits per heavy atom. The largest absolute Gasteiger partial charge is 0.332 e. The zero-order valence-corrected chi connectivity index (χ0v) is 14.1. The minimum atomic E-state index is -0.488. The van der Waals surface area contributed by atoms with E-state index in [9.17, 15) is 9.59 Å². The number of carbonyl (C=O) groups excluding carboxylic acids is 1. The molecule has 0 spiro atoms. The molecule has 0 fully saturated rings. The number of fused-ring (bicyclic) bond motifs is 1. The van der Waals surface area contributed by atoms with Crippen molar-refractivity contribution in [3.8, 4) is 0 Å². The number of benzene rings is 1. The van der Waals surface area contributed by atoms with Gasteiger partial charge in [0.15, 0.2) is 0 Å². The number of para-hydroxylation sites is 1. The first kappa shape index (κ1) is 16.2. The Balaban J connectivity index is 2.11. The van der Waals surface area contributed by atoms with Gasteiger partial charge >= 0.3 is 0 Å². The highest BCUT2D eigenvalue weighted by Crippen LogP contribution is 2.21. The molecule has 0 aliphatic heterocycles. The second kappa shape index (κ2) is 6.45. The van der Waals surface area contributed by atoms with E-state index in [0.29, 0.717) is 28.3 Å². The summed E-state index contributed by atoms with van der Waals surface area (Å²) in [6.07, 6.45) is 1.54. The quantitative estimate of drug-likeness (QED) is 0.791. The van der Waals surface area contributed by atoms with Crippen molar-refractivity contribution in [1.29, 1.82) is 0 Å². The number of hydrogen-bond donors (Lipinski definition) is 1. The number of carbonyl (C=O) groups is 1. The Hall–Kier alpha value is -2.66. The monoisotopic (exact) mass is 341 g/mol. The lowest BCUT2D eigenvalue weighted by Gasteiger charge is -2.12. The number of nitrogens with one attached hydrogen (secondary N) is 1. The summed E-state index contributed by atoms with van der Waals surface area (Å²) in [7, 11) is 0. The van der Waals surface area contributed by atoms with Crippen molar-refractivity contribution in [3.63, 3.8) is 0 Å². The highest BCUT2D eigenvalue weighted by Gasteiger charge is 2.16. The van der Waals surface area contributed by atoms with E-state index in [0.717, 1.165) is 5.69 Å². The molecule has 0 aliphatic carbocycles. The van der Waals surface area contributed by atoms with Crippen LogP contribution in [0.1, 0.15) is 23.0 Å². The zero-order chi connectivity index (χ0) is 17.3. The maximum atomic E-state index is 12.7. The molecule has 3 rings (SSSR count). The van der Waals surface area contributed by atoms with Crippen LogP contribution >= 0.6 is 11.6 Å². The summed E-state index contributed by atoms with van der Waals surface area (Å²) >= 11 is 6.06. The molecule has 1 N–H and O–H groups in total. The zero-order valence-electron chi connectivity index (χ0n) is 13.3. The fraction of sp³-hybridized carbons (Fsp3) is 0.167. The molecule has 24 heavy (non-hydrogen) atoms. The molecule has 3 aromatic rings.